The van der Waals surface area contributed by atoms with Crippen LogP contribution in [0.1, 0.15) is 11.5 Å². The fourth-order valence-corrected chi connectivity index (χ4v) is 2.60. The lowest BCUT2D eigenvalue weighted by molar-refractivity contribution is -0.274. The third-order valence-electron chi connectivity index (χ3n) is 3.72. The van der Waals surface area contributed by atoms with Crippen molar-refractivity contribution in [2.75, 3.05) is 0 Å². The number of imidazole rings is 1. The maximum Gasteiger partial charge on any atom is 0.573 e. The molecule has 0 amide bonds. The Morgan fingerprint density at radius 1 is 1.00 bits per heavy atom. The van der Waals surface area contributed by atoms with E-state index in [1.165, 1.54) is 24.3 Å². The van der Waals surface area contributed by atoms with E-state index in [0.29, 0.717) is 11.6 Å². The third kappa shape index (κ3) is 4.68. The first kappa shape index (κ1) is 20.2. The maximum absolute atomic E-state index is 13.3. The third-order valence-corrected chi connectivity index (χ3v) is 3.72. The highest BCUT2D eigenvalue weighted by Gasteiger charge is 2.37. The van der Waals surface area contributed by atoms with Gasteiger partial charge in [-0.1, -0.05) is 18.2 Å². The molecule has 0 radical (unpaired) electrons. The fraction of sp³-hybridized carbons (Fsp3) is 0.111. The predicted octanol–water partition coefficient (Wildman–Crippen LogP) is 5.02. The number of carboxylic acid groups (broad SMARTS) is 1. The smallest absolute Gasteiger partial charge is 0.478 e. The number of aromatic nitrogens is 2. The number of alkyl halides is 6. The average molecular weight is 416 g/mol. The number of carboxylic acids is 1. The molecule has 2 heterocycles. The van der Waals surface area contributed by atoms with E-state index in [9.17, 15) is 31.1 Å². The van der Waals surface area contributed by atoms with Crippen molar-refractivity contribution in [1.82, 2.24) is 9.38 Å². The maximum atomic E-state index is 13.3. The van der Waals surface area contributed by atoms with Gasteiger partial charge in [0, 0.05) is 12.3 Å². The highest BCUT2D eigenvalue weighted by Crippen LogP contribution is 2.33. The molecule has 0 saturated heterocycles. The van der Waals surface area contributed by atoms with E-state index in [1.807, 2.05) is 0 Å². The Morgan fingerprint density at radius 2 is 1.62 bits per heavy atom. The number of nitrogens with zero attached hydrogens (tertiary/aromatic N) is 2. The number of carbonyl (C=O) groups is 1. The number of aliphatic carboxylic acids is 1. The van der Waals surface area contributed by atoms with Crippen molar-refractivity contribution in [3.05, 3.63) is 60.2 Å². The lowest BCUT2D eigenvalue weighted by Crippen LogP contribution is -2.16. The zero-order valence-corrected chi connectivity index (χ0v) is 14.1. The predicted molar refractivity (Wildman–Crippen MR) is 89.0 cm³/mol. The van der Waals surface area contributed by atoms with Gasteiger partial charge in [0.1, 0.15) is 5.75 Å². The van der Waals surface area contributed by atoms with Crippen LogP contribution in [0.15, 0.2) is 48.7 Å². The van der Waals surface area contributed by atoms with Gasteiger partial charge in [0.15, 0.2) is 0 Å². The van der Waals surface area contributed by atoms with Gasteiger partial charge in [-0.2, -0.15) is 13.2 Å². The molecular weight excluding hydrogens is 406 g/mol. The molecule has 0 aliphatic carbocycles. The van der Waals surface area contributed by atoms with Gasteiger partial charge in [0.2, 0.25) is 5.82 Å². The molecule has 0 saturated carbocycles. The summed E-state index contributed by atoms with van der Waals surface area (Å²) >= 11 is 0. The molecule has 0 bridgehead atoms. The van der Waals surface area contributed by atoms with E-state index in [0.717, 1.165) is 28.8 Å². The topological polar surface area (TPSA) is 63.8 Å². The monoisotopic (exact) mass is 416 g/mol. The van der Waals surface area contributed by atoms with Crippen LogP contribution in [0.3, 0.4) is 0 Å². The molecule has 0 aliphatic rings. The molecule has 5 nitrogen and oxygen atoms in total. The second-order valence-corrected chi connectivity index (χ2v) is 5.74. The Balaban J connectivity index is 2.06. The molecule has 3 rings (SSSR count). The molecule has 1 N–H and O–H groups in total. The largest absolute Gasteiger partial charge is 0.573 e. The van der Waals surface area contributed by atoms with Crippen LogP contribution in [-0.2, 0) is 11.0 Å². The van der Waals surface area contributed by atoms with E-state index in [4.69, 9.17) is 5.11 Å². The van der Waals surface area contributed by atoms with Gasteiger partial charge in [-0.05, 0) is 35.4 Å². The molecule has 0 fully saturated rings. The van der Waals surface area contributed by atoms with Gasteiger partial charge in [-0.25, -0.2) is 9.78 Å². The summed E-state index contributed by atoms with van der Waals surface area (Å²) in [5.41, 5.74) is 0.425. The number of rotatable bonds is 4. The van der Waals surface area contributed by atoms with E-state index in [2.05, 4.69) is 9.72 Å². The van der Waals surface area contributed by atoms with E-state index in [1.54, 1.807) is 0 Å². The number of ether oxygens (including phenoxy) is 1. The van der Waals surface area contributed by atoms with Crippen molar-refractivity contribution in [3.63, 3.8) is 0 Å². The lowest BCUT2D eigenvalue weighted by Gasteiger charge is -2.10. The summed E-state index contributed by atoms with van der Waals surface area (Å²) in [6.45, 7) is 0. The van der Waals surface area contributed by atoms with Gasteiger partial charge in [-0.15, -0.1) is 13.2 Å². The molecular formula is C18H10F6N2O3. The molecule has 11 heteroatoms. The lowest BCUT2D eigenvalue weighted by atomic mass is 10.1. The van der Waals surface area contributed by atoms with E-state index in [-0.39, 0.29) is 16.8 Å². The van der Waals surface area contributed by atoms with Crippen LogP contribution in [0.5, 0.6) is 5.75 Å². The highest BCUT2D eigenvalue weighted by atomic mass is 19.4. The summed E-state index contributed by atoms with van der Waals surface area (Å²) in [7, 11) is 0. The number of hydrogen-bond acceptors (Lipinski definition) is 3. The van der Waals surface area contributed by atoms with Crippen LogP contribution in [0.4, 0.5) is 26.3 Å². The molecule has 3 aromatic rings. The molecule has 29 heavy (non-hydrogen) atoms. The number of hydrogen-bond donors (Lipinski definition) is 1. The Hall–Kier alpha value is -3.50. The molecule has 0 spiro atoms. The van der Waals surface area contributed by atoms with E-state index >= 15 is 0 Å². The Labute approximate surface area is 158 Å². The summed E-state index contributed by atoms with van der Waals surface area (Å²) in [6.07, 6.45) is -6.96. The van der Waals surface area contributed by atoms with Gasteiger partial charge < -0.3 is 9.84 Å². The van der Waals surface area contributed by atoms with Crippen LogP contribution in [0.25, 0.3) is 22.7 Å². The van der Waals surface area contributed by atoms with Gasteiger partial charge in [-0.3, -0.25) is 4.40 Å². The van der Waals surface area contributed by atoms with Crippen molar-refractivity contribution in [2.24, 2.45) is 0 Å². The van der Waals surface area contributed by atoms with Gasteiger partial charge in [0.25, 0.3) is 0 Å². The van der Waals surface area contributed by atoms with Crippen molar-refractivity contribution in [3.8, 4) is 16.9 Å². The Bertz CT molecular complexity index is 1080. The minimum Gasteiger partial charge on any atom is -0.478 e. The second-order valence-electron chi connectivity index (χ2n) is 5.74. The molecule has 0 atom stereocenters. The molecule has 1 aromatic carbocycles. The van der Waals surface area contributed by atoms with Crippen molar-refractivity contribution >= 4 is 17.6 Å². The van der Waals surface area contributed by atoms with Crippen LogP contribution in [0, 0.1) is 0 Å². The fourth-order valence-electron chi connectivity index (χ4n) is 2.60. The SMILES string of the molecule is O=C(O)C=Cc1nc(C(F)(F)F)n2cc(-c3ccc(OC(F)(F)F)cc3)ccc12. The first-order valence-corrected chi connectivity index (χ1v) is 7.80. The van der Waals surface area contributed by atoms with Crippen LogP contribution >= 0.6 is 0 Å². The van der Waals surface area contributed by atoms with Crippen molar-refractivity contribution in [2.45, 2.75) is 12.5 Å². The standard InChI is InChI=1S/C18H10F6N2O3/c19-17(20,21)16-25-13(6-8-15(27)28)14-7-3-11(9-26(14)16)10-1-4-12(5-2-10)29-18(22,23)24/h1-9H,(H,27,28). The summed E-state index contributed by atoms with van der Waals surface area (Å²) in [5, 5.41) is 8.68. The minimum absolute atomic E-state index is 0.00981. The number of benzene rings is 1. The normalized spacial score (nSPS) is 12.6. The Morgan fingerprint density at radius 3 is 2.17 bits per heavy atom. The molecule has 0 aliphatic heterocycles. The van der Waals surface area contributed by atoms with Crippen molar-refractivity contribution < 1.29 is 41.0 Å². The number of fused-ring (bicyclic) bond motifs is 1. The summed E-state index contributed by atoms with van der Waals surface area (Å²) in [6, 6.07) is 7.34. The summed E-state index contributed by atoms with van der Waals surface area (Å²) < 4.78 is 81.2. The molecule has 152 valence electrons. The number of pyridine rings is 1. The zero-order valence-electron chi connectivity index (χ0n) is 14.1. The van der Waals surface area contributed by atoms with Gasteiger partial charge in [0.05, 0.1) is 11.2 Å². The number of halogens is 6. The van der Waals surface area contributed by atoms with Crippen LogP contribution in [0.2, 0.25) is 0 Å². The Kier molecular flexibility index (Phi) is 4.99. The quantitative estimate of drug-likeness (QED) is 0.480. The van der Waals surface area contributed by atoms with E-state index < -0.39 is 30.1 Å². The molecule has 0 unspecified atom stereocenters. The van der Waals surface area contributed by atoms with Crippen LogP contribution in [-0.4, -0.2) is 26.8 Å². The van der Waals surface area contributed by atoms with Gasteiger partial charge >= 0.3 is 18.5 Å². The summed E-state index contributed by atoms with van der Waals surface area (Å²) in [5.74, 6) is -3.09. The second kappa shape index (κ2) is 7.15. The average Bonchev–Trinajstić information content (AvgIpc) is 2.97. The molecule has 2 aromatic heterocycles. The highest BCUT2D eigenvalue weighted by molar-refractivity contribution is 5.87. The first-order valence-electron chi connectivity index (χ1n) is 7.80. The van der Waals surface area contributed by atoms with Crippen LogP contribution < -0.4 is 4.74 Å². The van der Waals surface area contributed by atoms with Crippen molar-refractivity contribution in [1.29, 1.82) is 0 Å². The minimum atomic E-state index is -4.86. The summed E-state index contributed by atoms with van der Waals surface area (Å²) in [4.78, 5) is 14.1. The zero-order chi connectivity index (χ0) is 21.4. The first-order chi connectivity index (χ1) is 13.4.